The summed E-state index contributed by atoms with van der Waals surface area (Å²) >= 11 is 5.76. The molecule has 0 spiro atoms. The number of nitrogens with zero attached hydrogens (tertiary/aromatic N) is 1. The van der Waals surface area contributed by atoms with Crippen molar-refractivity contribution in [3.8, 4) is 6.07 Å². The quantitative estimate of drug-likeness (QED) is 0.502. The SMILES string of the molecule is CC(C)CNC(=O)/C(C#N)=C\c1ccc(CNS(=O)(=O)c2ccc(Cl)cc2)o1. The van der Waals surface area contributed by atoms with Crippen LogP contribution in [-0.2, 0) is 21.4 Å². The van der Waals surface area contributed by atoms with E-state index in [9.17, 15) is 13.2 Å². The van der Waals surface area contributed by atoms with Gasteiger partial charge >= 0.3 is 0 Å². The van der Waals surface area contributed by atoms with Gasteiger partial charge in [-0.1, -0.05) is 25.4 Å². The number of benzene rings is 1. The lowest BCUT2D eigenvalue weighted by molar-refractivity contribution is -0.117. The summed E-state index contributed by atoms with van der Waals surface area (Å²) in [5.41, 5.74) is -0.0942. The zero-order chi connectivity index (χ0) is 20.7. The molecule has 0 radical (unpaired) electrons. The second-order valence-corrected chi connectivity index (χ2v) is 8.56. The first-order valence-corrected chi connectivity index (χ1v) is 10.3. The Morgan fingerprint density at radius 1 is 1.25 bits per heavy atom. The van der Waals surface area contributed by atoms with Crippen LogP contribution in [0.15, 0.2) is 51.3 Å². The molecular weight excluding hydrogens is 402 g/mol. The van der Waals surface area contributed by atoms with E-state index in [1.54, 1.807) is 12.1 Å². The van der Waals surface area contributed by atoms with E-state index in [0.29, 0.717) is 17.3 Å². The first kappa shape index (κ1) is 21.7. The highest BCUT2D eigenvalue weighted by Gasteiger charge is 2.15. The van der Waals surface area contributed by atoms with Crippen molar-refractivity contribution >= 4 is 33.6 Å². The molecule has 1 aromatic carbocycles. The van der Waals surface area contributed by atoms with Gasteiger partial charge in [-0.25, -0.2) is 13.1 Å². The predicted molar refractivity (Wildman–Crippen MR) is 106 cm³/mol. The summed E-state index contributed by atoms with van der Waals surface area (Å²) in [6.07, 6.45) is 1.31. The van der Waals surface area contributed by atoms with E-state index < -0.39 is 15.9 Å². The smallest absolute Gasteiger partial charge is 0.262 e. The maximum atomic E-state index is 12.3. The van der Waals surface area contributed by atoms with Crippen LogP contribution in [0.5, 0.6) is 0 Å². The molecule has 2 rings (SSSR count). The molecule has 0 atom stereocenters. The number of sulfonamides is 1. The molecule has 9 heteroatoms. The van der Waals surface area contributed by atoms with Crippen LogP contribution in [-0.4, -0.2) is 20.9 Å². The van der Waals surface area contributed by atoms with Crippen molar-refractivity contribution in [2.75, 3.05) is 6.54 Å². The number of nitrogens with one attached hydrogen (secondary N) is 2. The topological polar surface area (TPSA) is 112 Å². The highest BCUT2D eigenvalue weighted by Crippen LogP contribution is 2.16. The number of amides is 1. The van der Waals surface area contributed by atoms with Crippen LogP contribution in [0.1, 0.15) is 25.4 Å². The van der Waals surface area contributed by atoms with Crippen LogP contribution in [0.3, 0.4) is 0 Å². The standard InChI is InChI=1S/C19H20ClN3O4S/c1-13(2)11-22-19(24)14(10-21)9-16-5-6-17(27-16)12-23-28(25,26)18-7-3-15(20)4-8-18/h3-9,13,23H,11-12H2,1-2H3,(H,22,24)/b14-9-. The molecule has 2 N–H and O–H groups in total. The number of hydrogen-bond donors (Lipinski definition) is 2. The summed E-state index contributed by atoms with van der Waals surface area (Å²) in [4.78, 5) is 12.1. The summed E-state index contributed by atoms with van der Waals surface area (Å²) in [5.74, 6) is 0.381. The third kappa shape index (κ3) is 6.23. The van der Waals surface area contributed by atoms with Crippen LogP contribution < -0.4 is 10.0 Å². The summed E-state index contributed by atoms with van der Waals surface area (Å²) in [6, 6.07) is 10.7. The van der Waals surface area contributed by atoms with Gasteiger partial charge in [0.05, 0.1) is 11.4 Å². The third-order valence-corrected chi connectivity index (χ3v) is 5.23. The van der Waals surface area contributed by atoms with E-state index in [2.05, 4.69) is 10.0 Å². The summed E-state index contributed by atoms with van der Waals surface area (Å²) in [6.45, 7) is 4.26. The zero-order valence-electron chi connectivity index (χ0n) is 15.4. The molecule has 28 heavy (non-hydrogen) atoms. The van der Waals surface area contributed by atoms with Crippen molar-refractivity contribution in [3.63, 3.8) is 0 Å². The van der Waals surface area contributed by atoms with Gasteiger partial charge in [-0.2, -0.15) is 5.26 Å². The van der Waals surface area contributed by atoms with Gasteiger partial charge in [0, 0.05) is 17.6 Å². The van der Waals surface area contributed by atoms with E-state index in [-0.39, 0.29) is 28.7 Å². The molecule has 0 bridgehead atoms. The minimum absolute atomic E-state index is 0.0807. The third-order valence-electron chi connectivity index (χ3n) is 3.57. The van der Waals surface area contributed by atoms with E-state index in [0.717, 1.165) is 0 Å². The second-order valence-electron chi connectivity index (χ2n) is 6.36. The monoisotopic (exact) mass is 421 g/mol. The molecular formula is C19H20ClN3O4S. The number of rotatable bonds is 8. The van der Waals surface area contributed by atoms with Crippen molar-refractivity contribution in [3.05, 3.63) is 58.5 Å². The fourth-order valence-corrected chi connectivity index (χ4v) is 3.23. The summed E-state index contributed by atoms with van der Waals surface area (Å²) in [7, 11) is -3.72. The summed E-state index contributed by atoms with van der Waals surface area (Å²) in [5, 5.41) is 12.3. The molecule has 2 aromatic rings. The van der Waals surface area contributed by atoms with E-state index in [1.165, 1.54) is 30.3 Å². The maximum absolute atomic E-state index is 12.3. The van der Waals surface area contributed by atoms with Crippen LogP contribution in [0.4, 0.5) is 0 Å². The predicted octanol–water partition coefficient (Wildman–Crippen LogP) is 3.09. The average molecular weight is 422 g/mol. The minimum Gasteiger partial charge on any atom is -0.460 e. The molecule has 0 fully saturated rings. The van der Waals surface area contributed by atoms with Crippen LogP contribution >= 0.6 is 11.6 Å². The number of hydrogen-bond acceptors (Lipinski definition) is 5. The first-order valence-electron chi connectivity index (χ1n) is 8.45. The van der Waals surface area contributed by atoms with Crippen molar-refractivity contribution in [2.24, 2.45) is 5.92 Å². The van der Waals surface area contributed by atoms with E-state index in [1.807, 2.05) is 19.9 Å². The van der Waals surface area contributed by atoms with Crippen LogP contribution in [0.2, 0.25) is 5.02 Å². The lowest BCUT2D eigenvalue weighted by Crippen LogP contribution is -2.28. The average Bonchev–Trinajstić information content (AvgIpc) is 3.10. The number of halogens is 1. The molecule has 148 valence electrons. The van der Waals surface area contributed by atoms with Gasteiger partial charge in [0.25, 0.3) is 5.91 Å². The molecule has 1 aromatic heterocycles. The van der Waals surface area contributed by atoms with Crippen molar-refractivity contribution < 1.29 is 17.6 Å². The van der Waals surface area contributed by atoms with Crippen LogP contribution in [0.25, 0.3) is 6.08 Å². The second kappa shape index (κ2) is 9.55. The summed E-state index contributed by atoms with van der Waals surface area (Å²) < 4.78 is 32.4. The molecule has 1 amide bonds. The van der Waals surface area contributed by atoms with Gasteiger partial charge in [0.1, 0.15) is 23.2 Å². The van der Waals surface area contributed by atoms with Gasteiger partial charge in [0.2, 0.25) is 10.0 Å². The fraction of sp³-hybridized carbons (Fsp3) is 0.263. The van der Waals surface area contributed by atoms with Crippen molar-refractivity contribution in [1.29, 1.82) is 5.26 Å². The largest absolute Gasteiger partial charge is 0.460 e. The fourth-order valence-electron chi connectivity index (χ4n) is 2.11. The van der Waals surface area contributed by atoms with Crippen LogP contribution in [0, 0.1) is 17.2 Å². The Hall–Kier alpha value is -2.60. The molecule has 0 saturated carbocycles. The molecule has 0 aliphatic heterocycles. The molecule has 0 aliphatic rings. The number of furan rings is 1. The van der Waals surface area contributed by atoms with Gasteiger partial charge in [-0.3, -0.25) is 4.79 Å². The first-order chi connectivity index (χ1) is 13.2. The maximum Gasteiger partial charge on any atom is 0.262 e. The Morgan fingerprint density at radius 3 is 2.54 bits per heavy atom. The van der Waals surface area contributed by atoms with Crippen molar-refractivity contribution in [2.45, 2.75) is 25.3 Å². The zero-order valence-corrected chi connectivity index (χ0v) is 17.0. The Kier molecular flexibility index (Phi) is 7.40. The van der Waals surface area contributed by atoms with Gasteiger partial charge in [-0.15, -0.1) is 0 Å². The number of carbonyl (C=O) groups excluding carboxylic acids is 1. The number of carbonyl (C=O) groups is 1. The van der Waals surface area contributed by atoms with E-state index >= 15 is 0 Å². The van der Waals surface area contributed by atoms with E-state index in [4.69, 9.17) is 21.3 Å². The Labute approximate surface area is 169 Å². The lowest BCUT2D eigenvalue weighted by atomic mass is 10.2. The minimum atomic E-state index is -3.72. The molecule has 1 heterocycles. The van der Waals surface area contributed by atoms with Gasteiger partial charge in [-0.05, 0) is 42.3 Å². The highest BCUT2D eigenvalue weighted by molar-refractivity contribution is 7.89. The van der Waals surface area contributed by atoms with Gasteiger partial charge in [0.15, 0.2) is 0 Å². The Morgan fingerprint density at radius 2 is 1.93 bits per heavy atom. The van der Waals surface area contributed by atoms with Gasteiger partial charge < -0.3 is 9.73 Å². The molecule has 0 aliphatic carbocycles. The highest BCUT2D eigenvalue weighted by atomic mass is 35.5. The molecule has 0 saturated heterocycles. The Bertz CT molecular complexity index is 1000. The molecule has 7 nitrogen and oxygen atoms in total. The molecule has 0 unspecified atom stereocenters. The lowest BCUT2D eigenvalue weighted by Gasteiger charge is -2.06. The Balaban J connectivity index is 2.04. The normalized spacial score (nSPS) is 12.0. The van der Waals surface area contributed by atoms with Crippen molar-refractivity contribution in [1.82, 2.24) is 10.0 Å². The number of nitriles is 1.